The number of carbonyl (C=O) groups excluding carboxylic acids is 1. The zero-order valence-electron chi connectivity index (χ0n) is 18.8. The summed E-state index contributed by atoms with van der Waals surface area (Å²) in [6.07, 6.45) is -1.90. The Labute approximate surface area is 200 Å². The van der Waals surface area contributed by atoms with Crippen LogP contribution in [0.4, 0.5) is 37.8 Å². The number of halogens is 6. The summed E-state index contributed by atoms with van der Waals surface area (Å²) in [6, 6.07) is 1.32. The zero-order chi connectivity index (χ0) is 25.8. The van der Waals surface area contributed by atoms with Crippen LogP contribution in [0.1, 0.15) is 34.8 Å². The van der Waals surface area contributed by atoms with Gasteiger partial charge in [-0.25, -0.2) is 17.9 Å². The van der Waals surface area contributed by atoms with E-state index in [4.69, 9.17) is 4.74 Å². The smallest absolute Gasteiger partial charge is 0.416 e. The number of anilines is 2. The predicted octanol–water partition coefficient (Wildman–Crippen LogP) is 4.26. The molecule has 36 heavy (non-hydrogen) atoms. The van der Waals surface area contributed by atoms with E-state index in [0.717, 1.165) is 6.07 Å². The van der Waals surface area contributed by atoms with E-state index in [1.807, 2.05) is 0 Å². The van der Waals surface area contributed by atoms with Crippen molar-refractivity contribution in [2.75, 3.05) is 23.3 Å². The molecule has 1 aromatic carbocycles. The van der Waals surface area contributed by atoms with E-state index in [-0.39, 0.29) is 24.4 Å². The van der Waals surface area contributed by atoms with Gasteiger partial charge < -0.3 is 15.0 Å². The Morgan fingerprint density at radius 3 is 2.47 bits per heavy atom. The first-order valence-corrected chi connectivity index (χ1v) is 10.9. The van der Waals surface area contributed by atoms with Gasteiger partial charge in [-0.3, -0.25) is 9.48 Å². The highest BCUT2D eigenvalue weighted by Crippen LogP contribution is 2.47. The van der Waals surface area contributed by atoms with Crippen molar-refractivity contribution >= 4 is 17.4 Å². The van der Waals surface area contributed by atoms with Gasteiger partial charge in [-0.2, -0.15) is 23.4 Å². The first-order valence-electron chi connectivity index (χ1n) is 10.9. The SMILES string of the molecule is Cn1cc(NC(=O)c2cnn(C3CC(F)(F)C3)c2N2CC(Oc3cc(F)cc(C(F)(F)F)c3)C2)cn1. The van der Waals surface area contributed by atoms with Gasteiger partial charge in [-0.1, -0.05) is 0 Å². The molecular weight excluding hydrogens is 494 g/mol. The van der Waals surface area contributed by atoms with Gasteiger partial charge in [0.15, 0.2) is 0 Å². The Morgan fingerprint density at radius 1 is 1.14 bits per heavy atom. The lowest BCUT2D eigenvalue weighted by Crippen LogP contribution is -2.55. The Kier molecular flexibility index (Phi) is 5.63. The molecule has 2 aromatic heterocycles. The topological polar surface area (TPSA) is 77.2 Å². The number of aromatic nitrogens is 4. The van der Waals surface area contributed by atoms with Gasteiger partial charge in [0.1, 0.15) is 29.1 Å². The van der Waals surface area contributed by atoms with E-state index in [9.17, 15) is 31.1 Å². The fourth-order valence-electron chi connectivity index (χ4n) is 4.26. The van der Waals surface area contributed by atoms with Crippen molar-refractivity contribution in [1.29, 1.82) is 0 Å². The Balaban J connectivity index is 1.34. The van der Waals surface area contributed by atoms with Crippen LogP contribution in [0.3, 0.4) is 0 Å². The molecule has 2 fully saturated rings. The van der Waals surface area contributed by atoms with Crippen LogP contribution in [0.2, 0.25) is 0 Å². The molecule has 14 heteroatoms. The van der Waals surface area contributed by atoms with Crippen molar-refractivity contribution in [3.05, 3.63) is 53.7 Å². The standard InChI is InChI=1S/C22H20F6N6O2/c1-32-9-14(7-29-32)31-19(35)18-8-30-34(15-5-21(24,25)6-15)20(18)33-10-17(11-33)36-16-3-12(22(26,27)28)2-13(23)4-16/h2-4,7-9,15,17H,5-6,10-11H2,1H3,(H,31,35). The Bertz CT molecular complexity index is 1290. The summed E-state index contributed by atoms with van der Waals surface area (Å²) in [7, 11) is 1.67. The van der Waals surface area contributed by atoms with Gasteiger partial charge in [0.2, 0.25) is 0 Å². The van der Waals surface area contributed by atoms with Crippen molar-refractivity contribution in [3.63, 3.8) is 0 Å². The van der Waals surface area contributed by atoms with Crippen molar-refractivity contribution < 1.29 is 35.9 Å². The van der Waals surface area contributed by atoms with E-state index in [1.54, 1.807) is 18.1 Å². The number of benzene rings is 1. The maximum Gasteiger partial charge on any atom is 0.416 e. The summed E-state index contributed by atoms with van der Waals surface area (Å²) in [6.45, 7) is 0.250. The number of hydrogen-bond donors (Lipinski definition) is 1. The van der Waals surface area contributed by atoms with Crippen LogP contribution in [0.5, 0.6) is 5.75 Å². The molecule has 1 aliphatic carbocycles. The quantitative estimate of drug-likeness (QED) is 0.498. The van der Waals surface area contributed by atoms with Crippen LogP contribution >= 0.6 is 0 Å². The van der Waals surface area contributed by atoms with E-state index in [1.165, 1.54) is 21.8 Å². The second kappa shape index (κ2) is 8.45. The van der Waals surface area contributed by atoms with Crippen molar-refractivity contribution in [1.82, 2.24) is 19.6 Å². The van der Waals surface area contributed by atoms with Crippen LogP contribution in [0.15, 0.2) is 36.8 Å². The highest BCUT2D eigenvalue weighted by molar-refractivity contribution is 6.07. The van der Waals surface area contributed by atoms with Crippen LogP contribution in [-0.2, 0) is 13.2 Å². The summed E-state index contributed by atoms with van der Waals surface area (Å²) in [5, 5.41) is 10.8. The fraction of sp³-hybridized carbons (Fsp3) is 0.409. The number of rotatable bonds is 6. The molecule has 1 aliphatic heterocycles. The number of nitrogens with one attached hydrogen (secondary N) is 1. The second-order valence-corrected chi connectivity index (χ2v) is 8.92. The molecule has 5 rings (SSSR count). The van der Waals surface area contributed by atoms with Gasteiger partial charge in [-0.05, 0) is 12.1 Å². The lowest BCUT2D eigenvalue weighted by atomic mass is 9.88. The molecule has 0 atom stereocenters. The predicted molar refractivity (Wildman–Crippen MR) is 115 cm³/mol. The van der Waals surface area contributed by atoms with Crippen LogP contribution in [-0.4, -0.2) is 50.6 Å². The first-order chi connectivity index (χ1) is 16.9. The van der Waals surface area contributed by atoms with Crippen molar-refractivity contribution in [2.45, 2.75) is 37.1 Å². The van der Waals surface area contributed by atoms with Crippen LogP contribution in [0.25, 0.3) is 0 Å². The van der Waals surface area contributed by atoms with Gasteiger partial charge in [0.05, 0.1) is 42.8 Å². The number of amides is 1. The molecule has 1 N–H and O–H groups in total. The summed E-state index contributed by atoms with van der Waals surface area (Å²) in [4.78, 5) is 14.6. The van der Waals surface area contributed by atoms with E-state index in [2.05, 4.69) is 15.5 Å². The summed E-state index contributed by atoms with van der Waals surface area (Å²) < 4.78 is 88.1. The van der Waals surface area contributed by atoms with Gasteiger partial charge in [0.25, 0.3) is 11.8 Å². The maximum atomic E-state index is 13.7. The molecule has 3 aromatic rings. The molecular formula is C22H20F6N6O2. The van der Waals surface area contributed by atoms with E-state index in [0.29, 0.717) is 23.6 Å². The minimum absolute atomic E-state index is 0.125. The molecule has 3 heterocycles. The number of nitrogens with zero attached hydrogens (tertiary/aromatic N) is 5. The molecule has 8 nitrogen and oxygen atoms in total. The van der Waals surface area contributed by atoms with E-state index < -0.39 is 54.4 Å². The highest BCUT2D eigenvalue weighted by Gasteiger charge is 2.48. The molecule has 192 valence electrons. The number of alkyl halides is 5. The number of aryl methyl sites for hydroxylation is 1. The lowest BCUT2D eigenvalue weighted by Gasteiger charge is -2.43. The fourth-order valence-corrected chi connectivity index (χ4v) is 4.26. The van der Waals surface area contributed by atoms with Gasteiger partial charge in [-0.15, -0.1) is 0 Å². The molecule has 1 amide bonds. The first kappa shape index (κ1) is 24.0. The average Bonchev–Trinajstić information content (AvgIpc) is 3.33. The monoisotopic (exact) mass is 514 g/mol. The second-order valence-electron chi connectivity index (χ2n) is 8.92. The molecule has 1 saturated carbocycles. The molecule has 1 saturated heterocycles. The van der Waals surface area contributed by atoms with Crippen molar-refractivity contribution in [3.8, 4) is 5.75 Å². The van der Waals surface area contributed by atoms with Crippen LogP contribution in [0, 0.1) is 5.82 Å². The normalized spacial score (nSPS) is 18.0. The molecule has 0 radical (unpaired) electrons. The van der Waals surface area contributed by atoms with E-state index >= 15 is 0 Å². The summed E-state index contributed by atoms with van der Waals surface area (Å²) >= 11 is 0. The lowest BCUT2D eigenvalue weighted by molar-refractivity contribution is -0.137. The number of carbonyl (C=O) groups is 1. The van der Waals surface area contributed by atoms with Crippen LogP contribution < -0.4 is 15.0 Å². The van der Waals surface area contributed by atoms with Gasteiger partial charge >= 0.3 is 6.18 Å². The number of hydrogen-bond acceptors (Lipinski definition) is 5. The third-order valence-corrected chi connectivity index (χ3v) is 6.04. The molecule has 0 unspecified atom stereocenters. The minimum atomic E-state index is -4.74. The number of ether oxygens (including phenoxy) is 1. The minimum Gasteiger partial charge on any atom is -0.487 e. The third-order valence-electron chi connectivity index (χ3n) is 6.04. The Hall–Kier alpha value is -3.71. The zero-order valence-corrected chi connectivity index (χ0v) is 18.8. The molecule has 0 bridgehead atoms. The van der Waals surface area contributed by atoms with Gasteiger partial charge in [0, 0.05) is 32.2 Å². The molecule has 2 aliphatic rings. The largest absolute Gasteiger partial charge is 0.487 e. The summed E-state index contributed by atoms with van der Waals surface area (Å²) in [5.41, 5.74) is -0.613. The third kappa shape index (κ3) is 4.71. The summed E-state index contributed by atoms with van der Waals surface area (Å²) in [5.74, 6) is -4.42. The average molecular weight is 514 g/mol. The van der Waals surface area contributed by atoms with Crippen molar-refractivity contribution in [2.24, 2.45) is 7.05 Å². The Morgan fingerprint density at radius 2 is 1.86 bits per heavy atom. The highest BCUT2D eigenvalue weighted by atomic mass is 19.4. The maximum absolute atomic E-state index is 13.7. The molecule has 0 spiro atoms.